The van der Waals surface area contributed by atoms with Crippen molar-refractivity contribution in [2.24, 2.45) is 5.73 Å². The number of hydrogen-bond donors (Lipinski definition) is 2. The Bertz CT molecular complexity index is 476. The van der Waals surface area contributed by atoms with Crippen LogP contribution < -0.4 is 15.8 Å². The number of amides is 1. The van der Waals surface area contributed by atoms with E-state index in [1.165, 1.54) is 12.1 Å². The van der Waals surface area contributed by atoms with Crippen molar-refractivity contribution < 1.29 is 14.5 Å². The monoisotopic (exact) mass is 267 g/mol. The second kappa shape index (κ2) is 6.69. The number of benzene rings is 1. The third-order valence-electron chi connectivity index (χ3n) is 2.73. The summed E-state index contributed by atoms with van der Waals surface area (Å²) in [4.78, 5) is 21.2. The van der Waals surface area contributed by atoms with Gasteiger partial charge < -0.3 is 15.8 Å². The molecule has 1 rings (SSSR count). The van der Waals surface area contributed by atoms with Crippen molar-refractivity contribution in [2.45, 2.75) is 19.4 Å². The molecule has 0 heterocycles. The molecule has 1 unspecified atom stereocenters. The maximum Gasteiger partial charge on any atom is 0.272 e. The maximum atomic E-state index is 11.0. The number of rotatable bonds is 7. The molecule has 1 aromatic carbocycles. The first-order valence-electron chi connectivity index (χ1n) is 5.80. The molecule has 104 valence electrons. The molecule has 19 heavy (non-hydrogen) atoms. The number of carbonyl (C=O) groups excluding carboxylic acids is 1. The first-order valence-corrected chi connectivity index (χ1v) is 5.80. The van der Waals surface area contributed by atoms with Gasteiger partial charge >= 0.3 is 0 Å². The standard InChI is InChI=1S/C12H17N3O4/c1-8-7-9(3-4-11(8)15(17)18)19-6-5-10(14-2)12(13)16/h3-4,7,10,14H,5-6H2,1-2H3,(H2,13,16). The summed E-state index contributed by atoms with van der Waals surface area (Å²) in [5, 5.41) is 13.4. The van der Waals surface area contributed by atoms with E-state index in [1.54, 1.807) is 20.0 Å². The van der Waals surface area contributed by atoms with Crippen molar-refractivity contribution in [1.82, 2.24) is 5.32 Å². The van der Waals surface area contributed by atoms with E-state index in [2.05, 4.69) is 5.32 Å². The van der Waals surface area contributed by atoms with Gasteiger partial charge in [0.1, 0.15) is 5.75 Å². The Morgan fingerprint density at radius 1 is 1.58 bits per heavy atom. The number of nitrogens with one attached hydrogen (secondary N) is 1. The fourth-order valence-corrected chi connectivity index (χ4v) is 1.65. The number of likely N-dealkylation sites (N-methyl/N-ethyl adjacent to an activating group) is 1. The van der Waals surface area contributed by atoms with E-state index in [-0.39, 0.29) is 5.69 Å². The van der Waals surface area contributed by atoms with Gasteiger partial charge in [0.25, 0.3) is 5.69 Å². The summed E-state index contributed by atoms with van der Waals surface area (Å²) in [7, 11) is 1.64. The molecule has 1 atom stereocenters. The van der Waals surface area contributed by atoms with Crippen molar-refractivity contribution in [3.05, 3.63) is 33.9 Å². The molecule has 0 saturated heterocycles. The van der Waals surface area contributed by atoms with E-state index in [0.717, 1.165) is 0 Å². The smallest absolute Gasteiger partial charge is 0.272 e. The van der Waals surface area contributed by atoms with Crippen LogP contribution in [-0.4, -0.2) is 30.5 Å². The molecule has 0 saturated carbocycles. The highest BCUT2D eigenvalue weighted by Crippen LogP contribution is 2.23. The van der Waals surface area contributed by atoms with Crippen molar-refractivity contribution >= 4 is 11.6 Å². The molecular formula is C12H17N3O4. The lowest BCUT2D eigenvalue weighted by molar-refractivity contribution is -0.385. The van der Waals surface area contributed by atoms with E-state index in [1.807, 2.05) is 0 Å². The lowest BCUT2D eigenvalue weighted by atomic mass is 10.2. The second-order valence-corrected chi connectivity index (χ2v) is 4.09. The lowest BCUT2D eigenvalue weighted by Gasteiger charge is -2.13. The topological polar surface area (TPSA) is 107 Å². The minimum atomic E-state index is -0.445. The molecule has 0 fully saturated rings. The summed E-state index contributed by atoms with van der Waals surface area (Å²) in [5.41, 5.74) is 5.76. The van der Waals surface area contributed by atoms with Crippen molar-refractivity contribution in [3.63, 3.8) is 0 Å². The molecule has 0 spiro atoms. The number of nitrogens with zero attached hydrogens (tertiary/aromatic N) is 1. The van der Waals surface area contributed by atoms with Gasteiger partial charge in [-0.25, -0.2) is 0 Å². The Labute approximate surface area is 110 Å². The summed E-state index contributed by atoms with van der Waals surface area (Å²) in [6.45, 7) is 1.94. The van der Waals surface area contributed by atoms with Gasteiger partial charge in [0.15, 0.2) is 0 Å². The molecule has 0 aliphatic rings. The summed E-state index contributed by atoms with van der Waals surface area (Å²) in [6, 6.07) is 4.08. The van der Waals surface area contributed by atoms with Gasteiger partial charge in [0.2, 0.25) is 5.91 Å². The Balaban J connectivity index is 2.57. The van der Waals surface area contributed by atoms with Crippen LogP contribution in [-0.2, 0) is 4.79 Å². The van der Waals surface area contributed by atoms with Crippen molar-refractivity contribution in [1.29, 1.82) is 0 Å². The van der Waals surface area contributed by atoms with Gasteiger partial charge in [-0.05, 0) is 26.1 Å². The Kier molecular flexibility index (Phi) is 5.25. The Morgan fingerprint density at radius 3 is 2.74 bits per heavy atom. The molecule has 0 aliphatic carbocycles. The van der Waals surface area contributed by atoms with Crippen LogP contribution in [0.1, 0.15) is 12.0 Å². The SMILES string of the molecule is CNC(CCOc1ccc([N+](=O)[O-])c(C)c1)C(N)=O. The first kappa shape index (κ1) is 14.9. The number of nitrogens with two attached hydrogens (primary N) is 1. The quantitative estimate of drug-likeness (QED) is 0.559. The van der Waals surface area contributed by atoms with E-state index in [0.29, 0.717) is 24.3 Å². The highest BCUT2D eigenvalue weighted by Gasteiger charge is 2.13. The molecule has 1 amide bonds. The summed E-state index contributed by atoms with van der Waals surface area (Å²) < 4.78 is 5.43. The zero-order valence-electron chi connectivity index (χ0n) is 10.9. The highest BCUT2D eigenvalue weighted by molar-refractivity contribution is 5.79. The van der Waals surface area contributed by atoms with Crippen LogP contribution in [0.5, 0.6) is 5.75 Å². The molecular weight excluding hydrogens is 250 g/mol. The van der Waals surface area contributed by atoms with E-state index in [4.69, 9.17) is 10.5 Å². The lowest BCUT2D eigenvalue weighted by Crippen LogP contribution is -2.40. The number of nitro groups is 1. The Hall–Kier alpha value is -2.15. The molecule has 0 bridgehead atoms. The fraction of sp³-hybridized carbons (Fsp3) is 0.417. The minimum absolute atomic E-state index is 0.0533. The van der Waals surface area contributed by atoms with Gasteiger partial charge in [0, 0.05) is 18.1 Å². The number of hydrogen-bond acceptors (Lipinski definition) is 5. The molecule has 0 aromatic heterocycles. The number of carbonyl (C=O) groups is 1. The molecule has 0 aliphatic heterocycles. The summed E-state index contributed by atoms with van der Waals surface area (Å²) >= 11 is 0. The van der Waals surface area contributed by atoms with Gasteiger partial charge in [-0.15, -0.1) is 0 Å². The van der Waals surface area contributed by atoms with E-state index >= 15 is 0 Å². The van der Waals surface area contributed by atoms with Gasteiger partial charge in [-0.3, -0.25) is 14.9 Å². The number of ether oxygens (including phenoxy) is 1. The van der Waals surface area contributed by atoms with Crippen molar-refractivity contribution in [2.75, 3.05) is 13.7 Å². The highest BCUT2D eigenvalue weighted by atomic mass is 16.6. The number of nitro benzene ring substituents is 1. The minimum Gasteiger partial charge on any atom is -0.494 e. The zero-order valence-corrected chi connectivity index (χ0v) is 10.9. The summed E-state index contributed by atoms with van der Waals surface area (Å²) in [6.07, 6.45) is 0.432. The average Bonchev–Trinajstić information content (AvgIpc) is 2.33. The third kappa shape index (κ3) is 4.22. The zero-order chi connectivity index (χ0) is 14.4. The van der Waals surface area contributed by atoms with Crippen molar-refractivity contribution in [3.8, 4) is 5.75 Å². The van der Waals surface area contributed by atoms with Gasteiger partial charge in [0.05, 0.1) is 17.6 Å². The van der Waals surface area contributed by atoms with Crippen LogP contribution in [0.3, 0.4) is 0 Å². The van der Waals surface area contributed by atoms with Gasteiger partial charge in [-0.2, -0.15) is 0 Å². The number of primary amides is 1. The van der Waals surface area contributed by atoms with E-state index < -0.39 is 16.9 Å². The normalized spacial score (nSPS) is 11.9. The molecule has 1 aromatic rings. The molecule has 7 heteroatoms. The Morgan fingerprint density at radius 2 is 2.26 bits per heavy atom. The van der Waals surface area contributed by atoms with Crippen LogP contribution in [0.25, 0.3) is 0 Å². The molecule has 3 N–H and O–H groups in total. The van der Waals surface area contributed by atoms with Crippen LogP contribution in [0.4, 0.5) is 5.69 Å². The third-order valence-corrected chi connectivity index (χ3v) is 2.73. The first-order chi connectivity index (χ1) is 8.95. The maximum absolute atomic E-state index is 11.0. The fourth-order valence-electron chi connectivity index (χ4n) is 1.65. The largest absolute Gasteiger partial charge is 0.494 e. The average molecular weight is 267 g/mol. The number of aryl methyl sites for hydroxylation is 1. The van der Waals surface area contributed by atoms with Crippen LogP contribution in [0.2, 0.25) is 0 Å². The summed E-state index contributed by atoms with van der Waals surface area (Å²) in [5.74, 6) is 0.0911. The molecule has 0 radical (unpaired) electrons. The predicted octanol–water partition coefficient (Wildman–Crippen LogP) is 0.745. The van der Waals surface area contributed by atoms with E-state index in [9.17, 15) is 14.9 Å². The van der Waals surface area contributed by atoms with Gasteiger partial charge in [-0.1, -0.05) is 0 Å². The van der Waals surface area contributed by atoms with Crippen LogP contribution in [0.15, 0.2) is 18.2 Å². The molecule has 7 nitrogen and oxygen atoms in total. The second-order valence-electron chi connectivity index (χ2n) is 4.09. The predicted molar refractivity (Wildman–Crippen MR) is 70.0 cm³/mol. The van der Waals surface area contributed by atoms with Crippen LogP contribution >= 0.6 is 0 Å². The van der Waals surface area contributed by atoms with Crippen LogP contribution in [0, 0.1) is 17.0 Å².